The van der Waals surface area contributed by atoms with Crippen LogP contribution < -0.4 is 10.1 Å². The molecular weight excluding hydrogens is 238 g/mol. The first kappa shape index (κ1) is 13.5. The van der Waals surface area contributed by atoms with Crippen molar-refractivity contribution in [2.75, 3.05) is 7.05 Å². The van der Waals surface area contributed by atoms with Gasteiger partial charge in [0.2, 0.25) is 0 Å². The van der Waals surface area contributed by atoms with E-state index in [-0.39, 0.29) is 0 Å². The van der Waals surface area contributed by atoms with Crippen LogP contribution in [0.5, 0.6) is 11.8 Å². The Balaban J connectivity index is 2.21. The molecule has 0 saturated heterocycles. The van der Waals surface area contributed by atoms with Crippen LogP contribution in [0.3, 0.4) is 0 Å². The number of nitrogens with one attached hydrogen (secondary N) is 1. The Kier molecular flexibility index (Phi) is 4.12. The number of rotatable bonds is 4. The fraction of sp³-hybridized carbons (Fsp3) is 0.333. The summed E-state index contributed by atoms with van der Waals surface area (Å²) in [7, 11) is 1.90. The number of ether oxygens (including phenoxy) is 1. The molecule has 0 atom stereocenters. The molecule has 1 heterocycles. The summed E-state index contributed by atoms with van der Waals surface area (Å²) >= 11 is 0. The van der Waals surface area contributed by atoms with Crippen LogP contribution >= 0.6 is 0 Å². The topological polar surface area (TPSA) is 47.0 Å². The van der Waals surface area contributed by atoms with Gasteiger partial charge in [-0.2, -0.15) is 4.98 Å². The van der Waals surface area contributed by atoms with Crippen molar-refractivity contribution in [1.82, 2.24) is 15.3 Å². The van der Waals surface area contributed by atoms with Crippen molar-refractivity contribution in [3.63, 3.8) is 0 Å². The van der Waals surface area contributed by atoms with E-state index < -0.39 is 0 Å². The van der Waals surface area contributed by atoms with Gasteiger partial charge in [0.15, 0.2) is 0 Å². The van der Waals surface area contributed by atoms with E-state index in [4.69, 9.17) is 4.74 Å². The van der Waals surface area contributed by atoms with Gasteiger partial charge in [-0.05, 0) is 39.4 Å². The Bertz CT molecular complexity index is 582. The number of hydrogen-bond acceptors (Lipinski definition) is 4. The molecule has 4 heteroatoms. The van der Waals surface area contributed by atoms with Crippen molar-refractivity contribution in [1.29, 1.82) is 0 Å². The zero-order chi connectivity index (χ0) is 13.8. The fourth-order valence-corrected chi connectivity index (χ4v) is 1.90. The maximum atomic E-state index is 5.74. The van der Waals surface area contributed by atoms with Crippen LogP contribution in [-0.2, 0) is 6.54 Å². The van der Waals surface area contributed by atoms with Gasteiger partial charge in [0, 0.05) is 24.0 Å². The molecular formula is C15H19N3O. The molecule has 1 aromatic carbocycles. The van der Waals surface area contributed by atoms with Gasteiger partial charge in [0.1, 0.15) is 5.75 Å². The van der Waals surface area contributed by atoms with E-state index in [0.717, 1.165) is 29.1 Å². The Morgan fingerprint density at radius 3 is 2.63 bits per heavy atom. The SMILES string of the molecule is CNCc1cnc(Oc2ccc(C)cc2C)nc1C. The lowest BCUT2D eigenvalue weighted by Crippen LogP contribution is -2.08. The van der Waals surface area contributed by atoms with Crippen LogP contribution in [-0.4, -0.2) is 17.0 Å². The van der Waals surface area contributed by atoms with Gasteiger partial charge in [0.05, 0.1) is 0 Å². The summed E-state index contributed by atoms with van der Waals surface area (Å²) in [5, 5.41) is 3.09. The van der Waals surface area contributed by atoms with Gasteiger partial charge in [-0.1, -0.05) is 17.7 Å². The number of aromatic nitrogens is 2. The summed E-state index contributed by atoms with van der Waals surface area (Å²) in [5.41, 5.74) is 4.31. The quantitative estimate of drug-likeness (QED) is 0.914. The molecule has 0 radical (unpaired) electrons. The van der Waals surface area contributed by atoms with Crippen LogP contribution in [0.25, 0.3) is 0 Å². The molecule has 0 unspecified atom stereocenters. The summed E-state index contributed by atoms with van der Waals surface area (Å²) in [6.45, 7) is 6.80. The van der Waals surface area contributed by atoms with Crippen LogP contribution in [0.4, 0.5) is 0 Å². The Morgan fingerprint density at radius 1 is 1.21 bits per heavy atom. The van der Waals surface area contributed by atoms with Crippen molar-refractivity contribution in [2.24, 2.45) is 0 Å². The van der Waals surface area contributed by atoms with Crippen LogP contribution in [0.1, 0.15) is 22.4 Å². The molecule has 4 nitrogen and oxygen atoms in total. The Morgan fingerprint density at radius 2 is 2.00 bits per heavy atom. The molecule has 0 fully saturated rings. The molecule has 0 saturated carbocycles. The van der Waals surface area contributed by atoms with E-state index in [0.29, 0.717) is 6.01 Å². The minimum Gasteiger partial charge on any atom is -0.424 e. The zero-order valence-corrected chi connectivity index (χ0v) is 11.8. The fourth-order valence-electron chi connectivity index (χ4n) is 1.90. The lowest BCUT2D eigenvalue weighted by atomic mass is 10.1. The number of aryl methyl sites for hydroxylation is 3. The smallest absolute Gasteiger partial charge is 0.322 e. The Hall–Kier alpha value is -1.94. The molecule has 100 valence electrons. The minimum absolute atomic E-state index is 0.393. The zero-order valence-electron chi connectivity index (χ0n) is 11.8. The molecule has 0 amide bonds. The first-order chi connectivity index (χ1) is 9.10. The molecule has 2 rings (SSSR count). The molecule has 1 aromatic heterocycles. The molecule has 0 aliphatic rings. The van der Waals surface area contributed by atoms with Gasteiger partial charge in [0.25, 0.3) is 0 Å². The lowest BCUT2D eigenvalue weighted by Gasteiger charge is -2.09. The highest BCUT2D eigenvalue weighted by Gasteiger charge is 2.06. The second-order valence-electron chi connectivity index (χ2n) is 4.66. The molecule has 0 spiro atoms. The summed E-state index contributed by atoms with van der Waals surface area (Å²) in [6.07, 6.45) is 1.80. The van der Waals surface area contributed by atoms with Gasteiger partial charge in [-0.3, -0.25) is 0 Å². The van der Waals surface area contributed by atoms with E-state index >= 15 is 0 Å². The second-order valence-corrected chi connectivity index (χ2v) is 4.66. The average Bonchev–Trinajstić information content (AvgIpc) is 2.36. The third-order valence-electron chi connectivity index (χ3n) is 2.96. The standard InChI is InChI=1S/C15H19N3O/c1-10-5-6-14(11(2)7-10)19-15-17-9-13(8-16-4)12(3)18-15/h5-7,9,16H,8H2,1-4H3. The van der Waals surface area contributed by atoms with Gasteiger partial charge < -0.3 is 10.1 Å². The van der Waals surface area contributed by atoms with Gasteiger partial charge in [-0.25, -0.2) is 4.98 Å². The van der Waals surface area contributed by atoms with Crippen LogP contribution in [0.15, 0.2) is 24.4 Å². The third-order valence-corrected chi connectivity index (χ3v) is 2.96. The average molecular weight is 257 g/mol. The summed E-state index contributed by atoms with van der Waals surface area (Å²) in [4.78, 5) is 8.62. The normalized spacial score (nSPS) is 10.5. The molecule has 0 aliphatic carbocycles. The van der Waals surface area contributed by atoms with Crippen molar-refractivity contribution in [2.45, 2.75) is 27.3 Å². The van der Waals surface area contributed by atoms with Crippen LogP contribution in [0.2, 0.25) is 0 Å². The molecule has 2 aromatic rings. The molecule has 0 aliphatic heterocycles. The highest BCUT2D eigenvalue weighted by Crippen LogP contribution is 2.23. The number of hydrogen-bond donors (Lipinski definition) is 1. The molecule has 19 heavy (non-hydrogen) atoms. The number of benzene rings is 1. The molecule has 1 N–H and O–H groups in total. The maximum absolute atomic E-state index is 5.74. The first-order valence-corrected chi connectivity index (χ1v) is 6.32. The first-order valence-electron chi connectivity index (χ1n) is 6.32. The monoisotopic (exact) mass is 257 g/mol. The summed E-state index contributed by atoms with van der Waals surface area (Å²) < 4.78 is 5.74. The Labute approximate surface area is 113 Å². The van der Waals surface area contributed by atoms with Crippen LogP contribution in [0, 0.1) is 20.8 Å². The van der Waals surface area contributed by atoms with Crippen molar-refractivity contribution in [3.8, 4) is 11.8 Å². The minimum atomic E-state index is 0.393. The van der Waals surface area contributed by atoms with E-state index in [2.05, 4.69) is 28.3 Å². The predicted molar refractivity (Wildman–Crippen MR) is 75.5 cm³/mol. The van der Waals surface area contributed by atoms with E-state index in [1.165, 1.54) is 5.56 Å². The predicted octanol–water partition coefficient (Wildman–Crippen LogP) is 2.91. The highest BCUT2D eigenvalue weighted by molar-refractivity contribution is 5.37. The number of nitrogens with zero attached hydrogens (tertiary/aromatic N) is 2. The second kappa shape index (κ2) is 5.80. The van der Waals surface area contributed by atoms with E-state index in [1.807, 2.05) is 33.0 Å². The summed E-state index contributed by atoms with van der Waals surface area (Å²) in [6, 6.07) is 6.44. The van der Waals surface area contributed by atoms with E-state index in [1.54, 1.807) is 6.20 Å². The van der Waals surface area contributed by atoms with Crippen molar-refractivity contribution < 1.29 is 4.74 Å². The third kappa shape index (κ3) is 3.29. The highest BCUT2D eigenvalue weighted by atomic mass is 16.5. The molecule has 0 bridgehead atoms. The van der Waals surface area contributed by atoms with Gasteiger partial charge in [-0.15, -0.1) is 0 Å². The van der Waals surface area contributed by atoms with Crippen molar-refractivity contribution in [3.05, 3.63) is 46.8 Å². The van der Waals surface area contributed by atoms with Crippen molar-refractivity contribution >= 4 is 0 Å². The maximum Gasteiger partial charge on any atom is 0.322 e. The lowest BCUT2D eigenvalue weighted by molar-refractivity contribution is 0.436. The summed E-state index contributed by atoms with van der Waals surface area (Å²) in [5.74, 6) is 0.798. The van der Waals surface area contributed by atoms with E-state index in [9.17, 15) is 0 Å². The largest absolute Gasteiger partial charge is 0.424 e. The van der Waals surface area contributed by atoms with Gasteiger partial charge >= 0.3 is 6.01 Å².